The van der Waals surface area contributed by atoms with Crippen LogP contribution in [0, 0.1) is 0 Å². The van der Waals surface area contributed by atoms with E-state index in [9.17, 15) is 9.59 Å². The molecule has 0 unspecified atom stereocenters. The minimum absolute atomic E-state index is 0.362. The van der Waals surface area contributed by atoms with Crippen molar-refractivity contribution in [2.75, 3.05) is 5.32 Å². The molecule has 0 saturated carbocycles. The van der Waals surface area contributed by atoms with Crippen LogP contribution in [-0.4, -0.2) is 18.0 Å². The molecule has 0 aromatic heterocycles. The van der Waals surface area contributed by atoms with Gasteiger partial charge in [-0.05, 0) is 35.9 Å². The van der Waals surface area contributed by atoms with Crippen LogP contribution < -0.4 is 10.7 Å². The summed E-state index contributed by atoms with van der Waals surface area (Å²) in [7, 11) is 0. The van der Waals surface area contributed by atoms with Crippen molar-refractivity contribution in [3.63, 3.8) is 0 Å². The Bertz CT molecular complexity index is 778. The Morgan fingerprint density at radius 1 is 0.957 bits per heavy atom. The van der Waals surface area contributed by atoms with Crippen molar-refractivity contribution < 1.29 is 9.59 Å². The third-order valence-electron chi connectivity index (χ3n) is 2.61. The van der Waals surface area contributed by atoms with Gasteiger partial charge in [-0.3, -0.25) is 9.59 Å². The maximum Gasteiger partial charge on any atom is 0.329 e. The number of halogens is 3. The second-order valence-electron chi connectivity index (χ2n) is 4.34. The topological polar surface area (TPSA) is 70.6 Å². The Morgan fingerprint density at radius 3 is 2.43 bits per heavy atom. The second kappa shape index (κ2) is 7.97. The summed E-state index contributed by atoms with van der Waals surface area (Å²) in [5.41, 5.74) is 3.14. The maximum absolute atomic E-state index is 11.7. The molecular weight excluding hydrogens is 361 g/mol. The average Bonchev–Trinajstić information content (AvgIpc) is 2.50. The number of nitrogens with one attached hydrogen (secondary N) is 2. The number of carbonyl (C=O) groups excluding carboxylic acids is 2. The van der Waals surface area contributed by atoms with Crippen LogP contribution in [0.25, 0.3) is 0 Å². The lowest BCUT2D eigenvalue weighted by Gasteiger charge is -2.04. The molecule has 0 spiro atoms. The lowest BCUT2D eigenvalue weighted by atomic mass is 10.2. The predicted molar refractivity (Wildman–Crippen MR) is 92.3 cm³/mol. The van der Waals surface area contributed by atoms with Crippen LogP contribution in [0.3, 0.4) is 0 Å². The number of benzene rings is 2. The summed E-state index contributed by atoms with van der Waals surface area (Å²) < 4.78 is 0. The highest BCUT2D eigenvalue weighted by atomic mass is 35.5. The van der Waals surface area contributed by atoms with Crippen molar-refractivity contribution >= 4 is 58.5 Å². The Labute approximate surface area is 147 Å². The monoisotopic (exact) mass is 369 g/mol. The summed E-state index contributed by atoms with van der Waals surface area (Å²) in [4.78, 5) is 23.3. The van der Waals surface area contributed by atoms with E-state index in [4.69, 9.17) is 34.8 Å². The van der Waals surface area contributed by atoms with Crippen LogP contribution in [0.15, 0.2) is 47.6 Å². The SMILES string of the molecule is O=C(N/N=C\c1ccc(Cl)c(Cl)c1)C(=O)Nc1cccc(Cl)c1. The number of hydrogen-bond acceptors (Lipinski definition) is 3. The van der Waals surface area contributed by atoms with Crippen molar-refractivity contribution in [2.24, 2.45) is 5.10 Å². The lowest BCUT2D eigenvalue weighted by molar-refractivity contribution is -0.136. The van der Waals surface area contributed by atoms with E-state index in [-0.39, 0.29) is 0 Å². The molecule has 0 fully saturated rings. The fourth-order valence-electron chi connectivity index (χ4n) is 1.56. The number of amides is 2. The average molecular weight is 371 g/mol. The molecule has 2 N–H and O–H groups in total. The van der Waals surface area contributed by atoms with Crippen molar-refractivity contribution in [1.82, 2.24) is 5.43 Å². The standard InChI is InChI=1S/C15H10Cl3N3O2/c16-10-2-1-3-11(7-10)20-14(22)15(23)21-19-8-9-4-5-12(17)13(18)6-9/h1-8H,(H,20,22)(H,21,23)/b19-8-. The molecule has 23 heavy (non-hydrogen) atoms. The zero-order valence-corrected chi connectivity index (χ0v) is 13.8. The molecule has 0 bridgehead atoms. The third kappa shape index (κ3) is 5.25. The normalized spacial score (nSPS) is 10.6. The molecule has 0 saturated heterocycles. The highest BCUT2D eigenvalue weighted by Crippen LogP contribution is 2.21. The summed E-state index contributed by atoms with van der Waals surface area (Å²) in [6.45, 7) is 0. The highest BCUT2D eigenvalue weighted by Gasteiger charge is 2.12. The molecule has 2 aromatic carbocycles. The summed E-state index contributed by atoms with van der Waals surface area (Å²) in [5, 5.41) is 7.30. The van der Waals surface area contributed by atoms with E-state index in [0.717, 1.165) is 0 Å². The molecule has 0 heterocycles. The number of carbonyl (C=O) groups is 2. The molecule has 2 aromatic rings. The quantitative estimate of drug-likeness (QED) is 0.491. The van der Waals surface area contributed by atoms with Crippen LogP contribution in [0.5, 0.6) is 0 Å². The van der Waals surface area contributed by atoms with Gasteiger partial charge in [-0.25, -0.2) is 5.43 Å². The fraction of sp³-hybridized carbons (Fsp3) is 0. The maximum atomic E-state index is 11.7. The fourth-order valence-corrected chi connectivity index (χ4v) is 2.06. The summed E-state index contributed by atoms with van der Waals surface area (Å²) >= 11 is 17.4. The van der Waals surface area contributed by atoms with Gasteiger partial charge in [0, 0.05) is 10.7 Å². The highest BCUT2D eigenvalue weighted by molar-refractivity contribution is 6.42. The van der Waals surface area contributed by atoms with Crippen molar-refractivity contribution in [2.45, 2.75) is 0 Å². The number of hydrazone groups is 1. The Hall–Kier alpha value is -2.08. The van der Waals surface area contributed by atoms with E-state index >= 15 is 0 Å². The van der Waals surface area contributed by atoms with Gasteiger partial charge in [0.05, 0.1) is 16.3 Å². The van der Waals surface area contributed by atoms with Crippen molar-refractivity contribution in [3.8, 4) is 0 Å². The van der Waals surface area contributed by atoms with Crippen LogP contribution >= 0.6 is 34.8 Å². The number of nitrogens with zero attached hydrogens (tertiary/aromatic N) is 1. The van der Waals surface area contributed by atoms with Gasteiger partial charge in [0.1, 0.15) is 0 Å². The minimum atomic E-state index is -0.915. The van der Waals surface area contributed by atoms with E-state index in [1.165, 1.54) is 12.3 Å². The van der Waals surface area contributed by atoms with Crippen LogP contribution in [0.4, 0.5) is 5.69 Å². The first-order valence-electron chi connectivity index (χ1n) is 6.31. The molecule has 0 aliphatic carbocycles. The molecule has 2 rings (SSSR count). The number of anilines is 1. The van der Waals surface area contributed by atoms with Gasteiger partial charge in [0.15, 0.2) is 0 Å². The molecule has 5 nitrogen and oxygen atoms in total. The summed E-state index contributed by atoms with van der Waals surface area (Å²) in [5.74, 6) is -1.78. The minimum Gasteiger partial charge on any atom is -0.318 e. The molecule has 0 aliphatic rings. The van der Waals surface area contributed by atoms with E-state index in [1.807, 2.05) is 0 Å². The zero-order chi connectivity index (χ0) is 16.8. The molecule has 0 aliphatic heterocycles. The molecule has 0 radical (unpaired) electrons. The Kier molecular flexibility index (Phi) is 5.98. The largest absolute Gasteiger partial charge is 0.329 e. The van der Waals surface area contributed by atoms with Crippen molar-refractivity contribution in [3.05, 3.63) is 63.1 Å². The van der Waals surface area contributed by atoms with Gasteiger partial charge in [-0.1, -0.05) is 46.9 Å². The van der Waals surface area contributed by atoms with Gasteiger partial charge < -0.3 is 5.32 Å². The summed E-state index contributed by atoms with van der Waals surface area (Å²) in [6.07, 6.45) is 1.34. The first-order chi connectivity index (χ1) is 11.0. The third-order valence-corrected chi connectivity index (χ3v) is 3.59. The second-order valence-corrected chi connectivity index (χ2v) is 5.59. The van der Waals surface area contributed by atoms with Crippen LogP contribution in [0.1, 0.15) is 5.56 Å². The van der Waals surface area contributed by atoms with E-state index in [2.05, 4.69) is 15.8 Å². The van der Waals surface area contributed by atoms with Gasteiger partial charge >= 0.3 is 11.8 Å². The molecule has 2 amide bonds. The first-order valence-corrected chi connectivity index (χ1v) is 7.44. The predicted octanol–water partition coefficient (Wildman–Crippen LogP) is 3.74. The van der Waals surface area contributed by atoms with Crippen molar-refractivity contribution in [1.29, 1.82) is 0 Å². The van der Waals surface area contributed by atoms with Gasteiger partial charge in [-0.15, -0.1) is 0 Å². The Balaban J connectivity index is 1.92. The number of hydrogen-bond donors (Lipinski definition) is 2. The number of rotatable bonds is 3. The van der Waals surface area contributed by atoms with Gasteiger partial charge in [-0.2, -0.15) is 5.10 Å². The van der Waals surface area contributed by atoms with E-state index in [0.29, 0.717) is 26.3 Å². The Morgan fingerprint density at radius 2 is 1.74 bits per heavy atom. The smallest absolute Gasteiger partial charge is 0.318 e. The molecular formula is C15H10Cl3N3O2. The van der Waals surface area contributed by atoms with Crippen LogP contribution in [0.2, 0.25) is 15.1 Å². The molecule has 0 atom stereocenters. The van der Waals surface area contributed by atoms with Crippen LogP contribution in [-0.2, 0) is 9.59 Å². The summed E-state index contributed by atoms with van der Waals surface area (Å²) in [6, 6.07) is 11.3. The zero-order valence-electron chi connectivity index (χ0n) is 11.5. The molecule has 118 valence electrons. The first kappa shape index (κ1) is 17.3. The molecule has 8 heteroatoms. The van der Waals surface area contributed by atoms with Gasteiger partial charge in [0.25, 0.3) is 0 Å². The lowest BCUT2D eigenvalue weighted by Crippen LogP contribution is -2.32. The van der Waals surface area contributed by atoms with E-state index in [1.54, 1.807) is 36.4 Å². The van der Waals surface area contributed by atoms with E-state index < -0.39 is 11.8 Å². The van der Waals surface area contributed by atoms with Gasteiger partial charge in [0.2, 0.25) is 0 Å².